The van der Waals surface area contributed by atoms with Gasteiger partial charge in [0.15, 0.2) is 24.0 Å². The molecular weight excluding hydrogens is 270 g/mol. The molecule has 8 heteroatoms. The van der Waals surface area contributed by atoms with Crippen LogP contribution in [-0.2, 0) is 23.7 Å². The van der Waals surface area contributed by atoms with Crippen LogP contribution < -0.4 is 0 Å². The van der Waals surface area contributed by atoms with E-state index in [9.17, 15) is 10.1 Å². The fourth-order valence-electron chi connectivity index (χ4n) is 2.99. The molecule has 5 atom stereocenters. The van der Waals surface area contributed by atoms with Crippen LogP contribution in [0.4, 0.5) is 0 Å². The van der Waals surface area contributed by atoms with E-state index >= 15 is 0 Å². The van der Waals surface area contributed by atoms with Crippen molar-refractivity contribution >= 4 is 0 Å². The first-order valence-corrected chi connectivity index (χ1v) is 6.65. The molecule has 20 heavy (non-hydrogen) atoms. The fourth-order valence-corrected chi connectivity index (χ4v) is 2.99. The van der Waals surface area contributed by atoms with Gasteiger partial charge in [0.2, 0.25) is 6.54 Å². The molecular formula is C12H19NO7. The lowest BCUT2D eigenvalue weighted by atomic mass is 9.99. The van der Waals surface area contributed by atoms with Crippen molar-refractivity contribution in [2.45, 2.75) is 70.0 Å². The molecule has 0 N–H and O–H groups in total. The third-order valence-electron chi connectivity index (χ3n) is 3.58. The van der Waals surface area contributed by atoms with Crippen molar-refractivity contribution in [2.75, 3.05) is 6.54 Å². The maximum absolute atomic E-state index is 10.8. The van der Waals surface area contributed by atoms with Gasteiger partial charge in [-0.25, -0.2) is 0 Å². The van der Waals surface area contributed by atoms with Crippen molar-refractivity contribution in [1.82, 2.24) is 0 Å². The molecule has 3 fully saturated rings. The van der Waals surface area contributed by atoms with Gasteiger partial charge < -0.3 is 23.7 Å². The lowest BCUT2D eigenvalue weighted by molar-refractivity contribution is -0.499. The molecule has 0 aliphatic carbocycles. The first kappa shape index (κ1) is 14.2. The molecule has 0 aromatic carbocycles. The third-order valence-corrected chi connectivity index (χ3v) is 3.58. The van der Waals surface area contributed by atoms with Gasteiger partial charge in [0.05, 0.1) is 0 Å². The highest BCUT2D eigenvalue weighted by atomic mass is 16.9. The molecule has 3 aliphatic rings. The summed E-state index contributed by atoms with van der Waals surface area (Å²) in [6.45, 7) is 6.73. The van der Waals surface area contributed by atoms with Crippen LogP contribution in [0.1, 0.15) is 27.7 Å². The molecule has 0 aromatic heterocycles. The SMILES string of the molecule is CC1(C)O[C@@H]2O[C@H](C[N+](=O)[O-])[C@@H]3OC(C)(C)O[C@H]3[C@@H]2O1. The Labute approximate surface area is 116 Å². The van der Waals surface area contributed by atoms with Gasteiger partial charge in [0, 0.05) is 4.92 Å². The Morgan fingerprint density at radius 2 is 1.50 bits per heavy atom. The normalized spacial score (nSPS) is 44.9. The largest absolute Gasteiger partial charge is 0.342 e. The van der Waals surface area contributed by atoms with Crippen LogP contribution in [0.15, 0.2) is 0 Å². The molecule has 0 unspecified atom stereocenters. The minimum Gasteiger partial charge on any atom is -0.342 e. The molecule has 3 saturated heterocycles. The van der Waals surface area contributed by atoms with Gasteiger partial charge in [-0.1, -0.05) is 0 Å². The standard InChI is InChI=1S/C12H19NO7/c1-11(2)17-7-6(5-13(14)15)16-10-9(8(7)18-11)19-12(3,4)20-10/h6-10H,5H2,1-4H3/t6-,7+,8-,9+,10+/m1/s1. The van der Waals surface area contributed by atoms with Gasteiger partial charge in [0.1, 0.15) is 18.3 Å². The number of rotatable bonds is 2. The molecule has 3 rings (SSSR count). The minimum absolute atomic E-state index is 0.354. The predicted octanol–water partition coefficient (Wildman–Crippen LogP) is 0.660. The average molecular weight is 289 g/mol. The molecule has 8 nitrogen and oxygen atoms in total. The zero-order chi connectivity index (χ0) is 14.7. The van der Waals surface area contributed by atoms with Gasteiger partial charge in [-0.3, -0.25) is 10.1 Å². The van der Waals surface area contributed by atoms with E-state index in [0.717, 1.165) is 0 Å². The quantitative estimate of drug-likeness (QED) is 0.545. The first-order chi connectivity index (χ1) is 9.17. The zero-order valence-electron chi connectivity index (χ0n) is 11.9. The molecule has 0 saturated carbocycles. The topological polar surface area (TPSA) is 89.3 Å². The number of fused-ring (bicyclic) bond motifs is 3. The predicted molar refractivity (Wildman–Crippen MR) is 64.4 cm³/mol. The Bertz CT molecular complexity index is 424. The highest BCUT2D eigenvalue weighted by Crippen LogP contribution is 2.43. The molecule has 114 valence electrons. The van der Waals surface area contributed by atoms with Crippen molar-refractivity contribution in [1.29, 1.82) is 0 Å². The Kier molecular flexibility index (Phi) is 3.07. The smallest absolute Gasteiger partial charge is 0.232 e. The molecule has 0 aromatic rings. The lowest BCUT2D eigenvalue weighted by Crippen LogP contribution is -2.56. The van der Waals surface area contributed by atoms with E-state index in [0.29, 0.717) is 0 Å². The first-order valence-electron chi connectivity index (χ1n) is 6.65. The molecule has 0 spiro atoms. The summed E-state index contributed by atoms with van der Waals surface area (Å²) in [6, 6.07) is 0. The second kappa shape index (κ2) is 4.35. The van der Waals surface area contributed by atoms with Crippen molar-refractivity contribution in [3.63, 3.8) is 0 Å². The summed E-state index contributed by atoms with van der Waals surface area (Å²) in [6.07, 6.45) is -2.80. The number of ether oxygens (including phenoxy) is 5. The van der Waals surface area contributed by atoms with Gasteiger partial charge in [0.25, 0.3) is 0 Å². The molecule has 3 heterocycles. The Hall–Kier alpha value is -0.800. The summed E-state index contributed by atoms with van der Waals surface area (Å²) in [4.78, 5) is 10.4. The lowest BCUT2D eigenvalue weighted by Gasteiger charge is -2.35. The maximum atomic E-state index is 10.8. The summed E-state index contributed by atoms with van der Waals surface area (Å²) in [5.41, 5.74) is 0. The fraction of sp³-hybridized carbons (Fsp3) is 1.00. The monoisotopic (exact) mass is 289 g/mol. The van der Waals surface area contributed by atoms with Crippen LogP contribution in [-0.4, -0.2) is 53.7 Å². The van der Waals surface area contributed by atoms with Crippen molar-refractivity contribution in [2.24, 2.45) is 0 Å². The third kappa shape index (κ3) is 2.42. The second-order valence-corrected chi connectivity index (χ2v) is 6.22. The summed E-state index contributed by atoms with van der Waals surface area (Å²) >= 11 is 0. The van der Waals surface area contributed by atoms with E-state index in [2.05, 4.69) is 0 Å². The second-order valence-electron chi connectivity index (χ2n) is 6.22. The van der Waals surface area contributed by atoms with E-state index in [-0.39, 0.29) is 6.54 Å². The Morgan fingerprint density at radius 3 is 2.15 bits per heavy atom. The Morgan fingerprint density at radius 1 is 0.950 bits per heavy atom. The van der Waals surface area contributed by atoms with Crippen molar-refractivity contribution in [3.05, 3.63) is 10.1 Å². The number of hydrogen-bond donors (Lipinski definition) is 0. The van der Waals surface area contributed by atoms with E-state index in [1.165, 1.54) is 0 Å². The van der Waals surface area contributed by atoms with E-state index in [1.54, 1.807) is 27.7 Å². The molecule has 0 amide bonds. The van der Waals surface area contributed by atoms with Gasteiger partial charge in [-0.05, 0) is 27.7 Å². The minimum atomic E-state index is -0.821. The number of hydrogen-bond acceptors (Lipinski definition) is 7. The van der Waals surface area contributed by atoms with Crippen LogP contribution in [0.25, 0.3) is 0 Å². The van der Waals surface area contributed by atoms with Crippen LogP contribution in [0.5, 0.6) is 0 Å². The maximum Gasteiger partial charge on any atom is 0.232 e. The van der Waals surface area contributed by atoms with E-state index in [1.807, 2.05) is 0 Å². The van der Waals surface area contributed by atoms with Crippen molar-refractivity contribution in [3.8, 4) is 0 Å². The number of nitrogens with zero attached hydrogens (tertiary/aromatic N) is 1. The van der Waals surface area contributed by atoms with E-state index < -0.39 is 47.2 Å². The summed E-state index contributed by atoms with van der Waals surface area (Å²) in [5, 5.41) is 10.8. The van der Waals surface area contributed by atoms with Crippen LogP contribution in [0.2, 0.25) is 0 Å². The van der Waals surface area contributed by atoms with Crippen LogP contribution in [0.3, 0.4) is 0 Å². The highest BCUT2D eigenvalue weighted by molar-refractivity contribution is 4.99. The van der Waals surface area contributed by atoms with Gasteiger partial charge in [-0.15, -0.1) is 0 Å². The summed E-state index contributed by atoms with van der Waals surface area (Å²) in [5.74, 6) is -1.63. The van der Waals surface area contributed by atoms with Crippen LogP contribution in [0, 0.1) is 10.1 Å². The molecule has 3 aliphatic heterocycles. The van der Waals surface area contributed by atoms with Gasteiger partial charge in [-0.2, -0.15) is 0 Å². The number of nitro groups is 1. The zero-order valence-corrected chi connectivity index (χ0v) is 11.9. The molecule has 0 radical (unpaired) electrons. The summed E-state index contributed by atoms with van der Waals surface area (Å²) < 4.78 is 28.7. The van der Waals surface area contributed by atoms with Crippen LogP contribution >= 0.6 is 0 Å². The average Bonchev–Trinajstić information content (AvgIpc) is 2.73. The highest BCUT2D eigenvalue weighted by Gasteiger charge is 2.61. The van der Waals surface area contributed by atoms with E-state index in [4.69, 9.17) is 23.7 Å². The molecule has 0 bridgehead atoms. The Balaban J connectivity index is 1.86. The van der Waals surface area contributed by atoms with Crippen molar-refractivity contribution < 1.29 is 28.6 Å². The summed E-state index contributed by atoms with van der Waals surface area (Å²) in [7, 11) is 0. The van der Waals surface area contributed by atoms with Gasteiger partial charge >= 0.3 is 0 Å².